The van der Waals surface area contributed by atoms with E-state index in [1.54, 1.807) is 12.1 Å². The van der Waals surface area contributed by atoms with Crippen molar-refractivity contribution in [1.29, 1.82) is 0 Å². The number of phenolic OH excluding ortho intramolecular Hbond substituents is 1. The summed E-state index contributed by atoms with van der Waals surface area (Å²) in [5.74, 6) is 0.706. The Kier molecular flexibility index (Phi) is 2.99. The van der Waals surface area contributed by atoms with Crippen LogP contribution in [-0.4, -0.2) is 5.11 Å². The molecule has 1 N–H and O–H groups in total. The van der Waals surface area contributed by atoms with Crippen LogP contribution < -0.4 is 0 Å². The van der Waals surface area contributed by atoms with Crippen LogP contribution in [0, 0.1) is 0 Å². The van der Waals surface area contributed by atoms with Crippen molar-refractivity contribution in [3.8, 4) is 5.75 Å². The number of halogens is 1. The molecular weight excluding hydrogens is 172 g/mol. The third-order valence-corrected chi connectivity index (χ3v) is 2.37. The molecule has 12 heavy (non-hydrogen) atoms. The Bertz CT molecular complexity index is 271. The number of benzene rings is 1. The first kappa shape index (κ1) is 9.40. The van der Waals surface area contributed by atoms with Gasteiger partial charge in [-0.15, -0.1) is 0 Å². The van der Waals surface area contributed by atoms with E-state index >= 15 is 0 Å². The van der Waals surface area contributed by atoms with Gasteiger partial charge in [-0.3, -0.25) is 0 Å². The van der Waals surface area contributed by atoms with Crippen LogP contribution in [0.25, 0.3) is 0 Å². The van der Waals surface area contributed by atoms with Crippen LogP contribution in [0.5, 0.6) is 5.75 Å². The third-order valence-electron chi connectivity index (χ3n) is 2.13. The molecule has 0 heterocycles. The fraction of sp³-hybridized carbons (Fsp3) is 0.400. The molecule has 1 aromatic carbocycles. The topological polar surface area (TPSA) is 20.2 Å². The average molecular weight is 185 g/mol. The molecule has 0 aliphatic heterocycles. The highest BCUT2D eigenvalue weighted by molar-refractivity contribution is 6.30. The van der Waals surface area contributed by atoms with Gasteiger partial charge in [0.05, 0.1) is 0 Å². The predicted molar refractivity (Wildman–Crippen MR) is 51.8 cm³/mol. The van der Waals surface area contributed by atoms with Gasteiger partial charge in [-0.2, -0.15) is 0 Å². The zero-order valence-corrected chi connectivity index (χ0v) is 8.10. The molecule has 1 rings (SSSR count). The zero-order valence-electron chi connectivity index (χ0n) is 7.34. The quantitative estimate of drug-likeness (QED) is 0.745. The van der Waals surface area contributed by atoms with E-state index in [9.17, 15) is 5.11 Å². The van der Waals surface area contributed by atoms with Crippen molar-refractivity contribution in [2.24, 2.45) is 0 Å². The second-order valence-electron chi connectivity index (χ2n) is 3.01. The van der Waals surface area contributed by atoms with Crippen LogP contribution in [0.2, 0.25) is 5.02 Å². The largest absolute Gasteiger partial charge is 0.508 e. The van der Waals surface area contributed by atoms with Crippen LogP contribution in [-0.2, 0) is 0 Å². The molecule has 0 radical (unpaired) electrons. The fourth-order valence-corrected chi connectivity index (χ4v) is 1.32. The molecule has 66 valence electrons. The first-order valence-electron chi connectivity index (χ1n) is 4.13. The van der Waals surface area contributed by atoms with Gasteiger partial charge >= 0.3 is 0 Å². The highest BCUT2D eigenvalue weighted by Gasteiger charge is 2.08. The lowest BCUT2D eigenvalue weighted by molar-refractivity contribution is 0.462. The van der Waals surface area contributed by atoms with Crippen LogP contribution in [0.4, 0.5) is 0 Å². The molecule has 0 bridgehead atoms. The standard InChI is InChI=1S/C10H13ClO/c1-3-7(2)9-6-8(11)4-5-10(9)12/h4-7,12H,3H2,1-2H3. The summed E-state index contributed by atoms with van der Waals surface area (Å²) >= 11 is 5.81. The van der Waals surface area contributed by atoms with E-state index in [0.717, 1.165) is 12.0 Å². The number of hydrogen-bond acceptors (Lipinski definition) is 1. The van der Waals surface area contributed by atoms with Gasteiger partial charge in [-0.05, 0) is 36.1 Å². The Morgan fingerprint density at radius 1 is 1.50 bits per heavy atom. The average Bonchev–Trinajstić information content (AvgIpc) is 2.08. The summed E-state index contributed by atoms with van der Waals surface area (Å²) in [6.45, 7) is 4.16. The lowest BCUT2D eigenvalue weighted by atomic mass is 9.98. The molecule has 1 unspecified atom stereocenters. The molecule has 0 aliphatic rings. The first-order chi connectivity index (χ1) is 5.65. The summed E-state index contributed by atoms with van der Waals surface area (Å²) in [5, 5.41) is 10.2. The monoisotopic (exact) mass is 184 g/mol. The van der Waals surface area contributed by atoms with Crippen molar-refractivity contribution < 1.29 is 5.11 Å². The molecule has 2 heteroatoms. The Labute approximate surface area is 78.0 Å². The Morgan fingerprint density at radius 3 is 2.75 bits per heavy atom. The normalized spacial score (nSPS) is 12.9. The Morgan fingerprint density at radius 2 is 2.17 bits per heavy atom. The smallest absolute Gasteiger partial charge is 0.119 e. The second kappa shape index (κ2) is 3.81. The van der Waals surface area contributed by atoms with Gasteiger partial charge in [0.15, 0.2) is 0 Å². The molecule has 0 spiro atoms. The summed E-state index contributed by atoms with van der Waals surface area (Å²) < 4.78 is 0. The molecule has 1 atom stereocenters. The summed E-state index contributed by atoms with van der Waals surface area (Å²) in [6, 6.07) is 5.16. The van der Waals surface area contributed by atoms with E-state index in [1.807, 2.05) is 6.07 Å². The van der Waals surface area contributed by atoms with Crippen molar-refractivity contribution in [3.05, 3.63) is 28.8 Å². The van der Waals surface area contributed by atoms with E-state index < -0.39 is 0 Å². The van der Waals surface area contributed by atoms with E-state index in [2.05, 4.69) is 13.8 Å². The number of aromatic hydroxyl groups is 1. The van der Waals surface area contributed by atoms with Crippen LogP contribution in [0.15, 0.2) is 18.2 Å². The van der Waals surface area contributed by atoms with Crippen molar-refractivity contribution in [2.45, 2.75) is 26.2 Å². The molecule has 0 saturated heterocycles. The minimum Gasteiger partial charge on any atom is -0.508 e. The summed E-state index contributed by atoms with van der Waals surface area (Å²) in [4.78, 5) is 0. The third kappa shape index (κ3) is 1.92. The first-order valence-corrected chi connectivity index (χ1v) is 4.51. The Hall–Kier alpha value is -0.690. The number of hydrogen-bond donors (Lipinski definition) is 1. The van der Waals surface area contributed by atoms with E-state index in [0.29, 0.717) is 16.7 Å². The lowest BCUT2D eigenvalue weighted by Gasteiger charge is -2.10. The summed E-state index contributed by atoms with van der Waals surface area (Å²) in [6.07, 6.45) is 1.01. The SMILES string of the molecule is CCC(C)c1cc(Cl)ccc1O. The van der Waals surface area contributed by atoms with E-state index in [-0.39, 0.29) is 0 Å². The van der Waals surface area contributed by atoms with Gasteiger partial charge in [0, 0.05) is 5.02 Å². The highest BCUT2D eigenvalue weighted by atomic mass is 35.5. The molecule has 0 saturated carbocycles. The van der Waals surface area contributed by atoms with Gasteiger partial charge in [-0.1, -0.05) is 25.4 Å². The predicted octanol–water partition coefficient (Wildman–Crippen LogP) is 3.56. The maximum absolute atomic E-state index is 9.48. The van der Waals surface area contributed by atoms with E-state index in [4.69, 9.17) is 11.6 Å². The lowest BCUT2D eigenvalue weighted by Crippen LogP contribution is -1.91. The van der Waals surface area contributed by atoms with Crippen molar-refractivity contribution in [2.75, 3.05) is 0 Å². The maximum Gasteiger partial charge on any atom is 0.119 e. The summed E-state index contributed by atoms with van der Waals surface area (Å²) in [5.41, 5.74) is 0.935. The molecule has 0 fully saturated rings. The van der Waals surface area contributed by atoms with Gasteiger partial charge in [0.1, 0.15) is 5.75 Å². The second-order valence-corrected chi connectivity index (χ2v) is 3.45. The van der Waals surface area contributed by atoms with Crippen LogP contribution in [0.3, 0.4) is 0 Å². The number of phenols is 1. The highest BCUT2D eigenvalue weighted by Crippen LogP contribution is 2.29. The van der Waals surface area contributed by atoms with E-state index in [1.165, 1.54) is 0 Å². The molecule has 1 aromatic rings. The molecule has 0 amide bonds. The number of rotatable bonds is 2. The van der Waals surface area contributed by atoms with Crippen molar-refractivity contribution in [1.82, 2.24) is 0 Å². The molecule has 0 aliphatic carbocycles. The summed E-state index contributed by atoms with van der Waals surface area (Å²) in [7, 11) is 0. The van der Waals surface area contributed by atoms with Gasteiger partial charge in [0.2, 0.25) is 0 Å². The fourth-order valence-electron chi connectivity index (χ4n) is 1.14. The molecule has 1 nitrogen and oxygen atoms in total. The van der Waals surface area contributed by atoms with Crippen LogP contribution >= 0.6 is 11.6 Å². The van der Waals surface area contributed by atoms with Crippen molar-refractivity contribution >= 4 is 11.6 Å². The zero-order chi connectivity index (χ0) is 9.14. The molecular formula is C10H13ClO. The maximum atomic E-state index is 9.48. The van der Waals surface area contributed by atoms with Crippen LogP contribution in [0.1, 0.15) is 31.7 Å². The van der Waals surface area contributed by atoms with Gasteiger partial charge < -0.3 is 5.11 Å². The van der Waals surface area contributed by atoms with Gasteiger partial charge in [-0.25, -0.2) is 0 Å². The minimum atomic E-state index is 0.341. The minimum absolute atomic E-state index is 0.341. The molecule has 0 aromatic heterocycles. The van der Waals surface area contributed by atoms with Gasteiger partial charge in [0.25, 0.3) is 0 Å². The van der Waals surface area contributed by atoms with Crippen molar-refractivity contribution in [3.63, 3.8) is 0 Å². The Balaban J connectivity index is 3.04.